The molecule has 0 aliphatic rings. The number of carbonyl (C=O) groups is 1. The minimum atomic E-state index is -0.393. The van der Waals surface area contributed by atoms with Crippen LogP contribution in [0.15, 0.2) is 24.3 Å². The number of carbonyl (C=O) groups excluding carboxylic acids is 1. The topological polar surface area (TPSA) is 67.1 Å². The zero-order valence-corrected chi connectivity index (χ0v) is 9.36. The van der Waals surface area contributed by atoms with Crippen molar-refractivity contribution in [2.45, 2.75) is 0 Å². The number of amides is 2. The summed E-state index contributed by atoms with van der Waals surface area (Å²) < 4.78 is 0. The third kappa shape index (κ3) is 4.14. The molecule has 1 rings (SSSR count). The van der Waals surface area contributed by atoms with E-state index >= 15 is 0 Å². The van der Waals surface area contributed by atoms with Crippen LogP contribution in [0.4, 0.5) is 10.5 Å². The van der Waals surface area contributed by atoms with E-state index in [0.717, 1.165) is 0 Å². The second-order valence-electron chi connectivity index (χ2n) is 2.75. The number of anilines is 1. The van der Waals surface area contributed by atoms with Crippen molar-refractivity contribution in [3.8, 4) is 0 Å². The van der Waals surface area contributed by atoms with Crippen LogP contribution in [-0.2, 0) is 0 Å². The molecule has 0 aromatic heterocycles. The average Bonchev–Trinajstić information content (AvgIpc) is 2.18. The molecule has 0 fully saturated rings. The molecule has 0 saturated heterocycles. The van der Waals surface area contributed by atoms with Gasteiger partial charge in [-0.1, -0.05) is 36.0 Å². The molecule has 1 aromatic carbocycles. The van der Waals surface area contributed by atoms with Gasteiger partial charge in [0.1, 0.15) is 0 Å². The Morgan fingerprint density at radius 1 is 1.47 bits per heavy atom. The van der Waals surface area contributed by atoms with Crippen molar-refractivity contribution >= 4 is 40.5 Å². The molecule has 0 spiro atoms. The number of urea groups is 1. The first-order valence-electron chi connectivity index (χ1n) is 4.17. The van der Waals surface area contributed by atoms with Gasteiger partial charge in [-0.25, -0.2) is 4.79 Å². The number of hydrogen-bond donors (Lipinski definition) is 3. The fourth-order valence-electron chi connectivity index (χ4n) is 0.896. The lowest BCUT2D eigenvalue weighted by Crippen LogP contribution is -2.35. The quantitative estimate of drug-likeness (QED) is 0.709. The molecule has 0 aliphatic carbocycles. The third-order valence-electron chi connectivity index (χ3n) is 1.55. The summed E-state index contributed by atoms with van der Waals surface area (Å²) in [7, 11) is 0. The summed E-state index contributed by atoms with van der Waals surface area (Å²) in [5.41, 5.74) is 5.77. The molecule has 1 aromatic rings. The van der Waals surface area contributed by atoms with Crippen LogP contribution < -0.4 is 16.4 Å². The Labute approximate surface area is 97.8 Å². The summed E-state index contributed by atoms with van der Waals surface area (Å²) in [5, 5.41) is 5.53. The van der Waals surface area contributed by atoms with E-state index < -0.39 is 6.03 Å². The molecular weight excluding hydrogens is 234 g/mol. The third-order valence-corrected chi connectivity index (χ3v) is 2.02. The van der Waals surface area contributed by atoms with Gasteiger partial charge in [0.15, 0.2) is 0 Å². The van der Waals surface area contributed by atoms with Crippen LogP contribution in [0, 0.1) is 0 Å². The molecule has 2 amide bonds. The summed E-state index contributed by atoms with van der Waals surface area (Å²) in [6, 6.07) is 6.54. The Kier molecular flexibility index (Phi) is 4.33. The maximum absolute atomic E-state index is 11.3. The first-order valence-corrected chi connectivity index (χ1v) is 4.96. The minimum Gasteiger partial charge on any atom is -0.392 e. The van der Waals surface area contributed by atoms with Gasteiger partial charge in [-0.15, -0.1) is 0 Å². The van der Waals surface area contributed by atoms with Crippen LogP contribution in [0.5, 0.6) is 0 Å². The SMILES string of the molecule is NC(=S)CNC(=O)Nc1ccccc1Cl. The predicted molar refractivity (Wildman–Crippen MR) is 65.3 cm³/mol. The maximum Gasteiger partial charge on any atom is 0.319 e. The Hall–Kier alpha value is -1.33. The monoisotopic (exact) mass is 243 g/mol. The van der Waals surface area contributed by atoms with Crippen LogP contribution in [0.3, 0.4) is 0 Å². The van der Waals surface area contributed by atoms with E-state index in [9.17, 15) is 4.79 Å². The summed E-state index contributed by atoms with van der Waals surface area (Å²) in [5.74, 6) is 0. The molecule has 0 bridgehead atoms. The second kappa shape index (κ2) is 5.53. The largest absolute Gasteiger partial charge is 0.392 e. The van der Waals surface area contributed by atoms with Gasteiger partial charge in [-0.3, -0.25) is 0 Å². The number of hydrogen-bond acceptors (Lipinski definition) is 2. The van der Waals surface area contributed by atoms with Gasteiger partial charge in [-0.05, 0) is 12.1 Å². The van der Waals surface area contributed by atoms with E-state index in [2.05, 4.69) is 22.9 Å². The summed E-state index contributed by atoms with van der Waals surface area (Å²) in [6.07, 6.45) is 0. The van der Waals surface area contributed by atoms with Crippen LogP contribution >= 0.6 is 23.8 Å². The van der Waals surface area contributed by atoms with Crippen LogP contribution in [0.25, 0.3) is 0 Å². The standard InChI is InChI=1S/C9H10ClN3OS/c10-6-3-1-2-4-7(6)13-9(14)12-5-8(11)15/h1-4H,5H2,(H2,11,15)(H2,12,13,14). The van der Waals surface area contributed by atoms with Gasteiger partial charge in [0.05, 0.1) is 22.2 Å². The summed E-state index contributed by atoms with van der Waals surface area (Å²) in [6.45, 7) is 0.158. The van der Waals surface area contributed by atoms with Crippen molar-refractivity contribution < 1.29 is 4.79 Å². The van der Waals surface area contributed by atoms with Crippen molar-refractivity contribution in [3.05, 3.63) is 29.3 Å². The molecular formula is C9H10ClN3OS. The lowest BCUT2D eigenvalue weighted by molar-refractivity contribution is 0.253. The zero-order chi connectivity index (χ0) is 11.3. The van der Waals surface area contributed by atoms with E-state index in [1.54, 1.807) is 24.3 Å². The number of thiocarbonyl (C=S) groups is 1. The minimum absolute atomic E-state index is 0.158. The van der Waals surface area contributed by atoms with E-state index in [4.69, 9.17) is 17.3 Å². The summed E-state index contributed by atoms with van der Waals surface area (Å²) in [4.78, 5) is 11.5. The molecule has 0 unspecified atom stereocenters. The number of rotatable bonds is 3. The van der Waals surface area contributed by atoms with Gasteiger partial charge < -0.3 is 16.4 Å². The van der Waals surface area contributed by atoms with E-state index in [-0.39, 0.29) is 11.5 Å². The number of nitrogens with one attached hydrogen (secondary N) is 2. The predicted octanol–water partition coefficient (Wildman–Crippen LogP) is 1.75. The molecule has 0 atom stereocenters. The normalized spacial score (nSPS) is 9.40. The smallest absolute Gasteiger partial charge is 0.319 e. The lowest BCUT2D eigenvalue weighted by atomic mass is 10.3. The molecule has 0 aliphatic heterocycles. The highest BCUT2D eigenvalue weighted by Crippen LogP contribution is 2.19. The maximum atomic E-state index is 11.3. The Morgan fingerprint density at radius 2 is 2.13 bits per heavy atom. The second-order valence-corrected chi connectivity index (χ2v) is 3.69. The van der Waals surface area contributed by atoms with Crippen LogP contribution in [-0.4, -0.2) is 17.6 Å². The van der Waals surface area contributed by atoms with Gasteiger partial charge >= 0.3 is 6.03 Å². The van der Waals surface area contributed by atoms with Crippen molar-refractivity contribution in [3.63, 3.8) is 0 Å². The molecule has 15 heavy (non-hydrogen) atoms. The van der Waals surface area contributed by atoms with Gasteiger partial charge in [0.25, 0.3) is 0 Å². The van der Waals surface area contributed by atoms with Gasteiger partial charge in [0.2, 0.25) is 0 Å². The Balaban J connectivity index is 2.52. The Bertz CT molecular complexity index is 383. The van der Waals surface area contributed by atoms with Gasteiger partial charge in [0, 0.05) is 0 Å². The van der Waals surface area contributed by atoms with Crippen molar-refractivity contribution in [1.82, 2.24) is 5.32 Å². The van der Waals surface area contributed by atoms with Gasteiger partial charge in [-0.2, -0.15) is 0 Å². The van der Waals surface area contributed by atoms with E-state index in [1.807, 2.05) is 0 Å². The Morgan fingerprint density at radius 3 is 2.73 bits per heavy atom. The fraction of sp³-hybridized carbons (Fsp3) is 0.111. The van der Waals surface area contributed by atoms with Crippen LogP contribution in [0.2, 0.25) is 5.02 Å². The fourth-order valence-corrected chi connectivity index (χ4v) is 1.15. The summed E-state index contributed by atoms with van der Waals surface area (Å²) >= 11 is 10.5. The number of benzene rings is 1. The first kappa shape index (κ1) is 11.7. The average molecular weight is 244 g/mol. The first-order chi connectivity index (χ1) is 7.09. The highest BCUT2D eigenvalue weighted by Gasteiger charge is 2.03. The molecule has 0 saturated carbocycles. The number of halogens is 1. The van der Waals surface area contributed by atoms with E-state index in [0.29, 0.717) is 10.7 Å². The molecule has 4 N–H and O–H groups in total. The highest BCUT2D eigenvalue weighted by atomic mass is 35.5. The van der Waals surface area contributed by atoms with E-state index in [1.165, 1.54) is 0 Å². The van der Waals surface area contributed by atoms with Crippen molar-refractivity contribution in [2.24, 2.45) is 5.73 Å². The molecule has 6 heteroatoms. The zero-order valence-electron chi connectivity index (χ0n) is 7.79. The lowest BCUT2D eigenvalue weighted by Gasteiger charge is -2.07. The number of para-hydroxylation sites is 1. The molecule has 0 heterocycles. The molecule has 80 valence electrons. The van der Waals surface area contributed by atoms with Crippen molar-refractivity contribution in [2.75, 3.05) is 11.9 Å². The van der Waals surface area contributed by atoms with Crippen molar-refractivity contribution in [1.29, 1.82) is 0 Å². The molecule has 0 radical (unpaired) electrons. The van der Waals surface area contributed by atoms with Crippen LogP contribution in [0.1, 0.15) is 0 Å². The number of nitrogens with two attached hydrogens (primary N) is 1. The highest BCUT2D eigenvalue weighted by molar-refractivity contribution is 7.80. The molecule has 4 nitrogen and oxygen atoms in total.